The molecule has 3 N–H and O–H groups in total. The molecule has 85 heavy (non-hydrogen) atoms. The molecule has 21 heteroatoms. The molecule has 11 rings (SSSR count). The van der Waals surface area contributed by atoms with E-state index in [9.17, 15) is 29.5 Å². The van der Waals surface area contributed by atoms with Crippen LogP contribution < -0.4 is 29.6 Å². The third kappa shape index (κ3) is 12.3. The van der Waals surface area contributed by atoms with E-state index in [-0.39, 0.29) is 70.3 Å². The second-order valence-corrected chi connectivity index (χ2v) is 21.4. The van der Waals surface area contributed by atoms with Crippen molar-refractivity contribution in [2.45, 2.75) is 43.2 Å². The number of esters is 1. The van der Waals surface area contributed by atoms with E-state index in [0.29, 0.717) is 15.6 Å². The van der Waals surface area contributed by atoms with Gasteiger partial charge in [0.25, 0.3) is 11.8 Å². The number of ether oxygens (including phenoxy) is 4. The Kier molecular flexibility index (Phi) is 17.0. The van der Waals surface area contributed by atoms with E-state index in [0.717, 1.165) is 38.3 Å². The van der Waals surface area contributed by atoms with Crippen LogP contribution in [-0.4, -0.2) is 80.5 Å². The number of methoxy groups -OCH3 is 1. The van der Waals surface area contributed by atoms with Crippen LogP contribution in [0.1, 0.15) is 57.9 Å². The average molecular weight is 1180 g/mol. The number of carbonyl (C=O) groups excluding carboxylic acids is 3. The average Bonchev–Trinajstić information content (AvgIpc) is 2.25. The number of fused-ring (bicyclic) bond motifs is 1. The summed E-state index contributed by atoms with van der Waals surface area (Å²) < 4.78 is 29.9. The summed E-state index contributed by atoms with van der Waals surface area (Å²) in [6.45, 7) is 0.576. The number of oxime groups is 1. The largest absolute Gasteiger partial charge is 0.618 e. The topological polar surface area (TPSA) is 240 Å². The quantitative estimate of drug-likeness (QED) is 0.0103. The summed E-state index contributed by atoms with van der Waals surface area (Å²) in [5.74, 6) is -2.28. The van der Waals surface area contributed by atoms with Crippen molar-refractivity contribution in [2.24, 2.45) is 5.16 Å². The second-order valence-electron chi connectivity index (χ2n) is 19.5. The number of nitrogens with zero attached hydrogens (tertiary/aromatic N) is 5. The molecule has 0 unspecified atom stereocenters. The first kappa shape index (κ1) is 56.6. The molecule has 9 aromatic rings. The van der Waals surface area contributed by atoms with Gasteiger partial charge in [-0.25, -0.2) is 9.78 Å². The van der Waals surface area contributed by atoms with Gasteiger partial charge < -0.3 is 49.3 Å². The number of aromatic nitrogens is 3. The van der Waals surface area contributed by atoms with Gasteiger partial charge in [-0.1, -0.05) is 174 Å². The van der Waals surface area contributed by atoms with E-state index in [1.54, 1.807) is 12.5 Å². The molecule has 2 amide bonds. The maximum Gasteiger partial charge on any atom is 0.352 e. The molecule has 1 fully saturated rings. The highest BCUT2D eigenvalue weighted by molar-refractivity contribution is 8.00. The summed E-state index contributed by atoms with van der Waals surface area (Å²) >= 11 is 2.40. The number of amides is 2. The zero-order valence-corrected chi connectivity index (χ0v) is 47.2. The lowest BCUT2D eigenvalue weighted by molar-refractivity contribution is -0.594. The highest BCUT2D eigenvalue weighted by Crippen LogP contribution is 2.43. The lowest BCUT2D eigenvalue weighted by Crippen LogP contribution is -2.71. The minimum absolute atomic E-state index is 0.0458. The predicted molar refractivity (Wildman–Crippen MR) is 316 cm³/mol. The number of benzene rings is 6. The number of carbonyl (C=O) groups is 4. The van der Waals surface area contributed by atoms with E-state index >= 15 is 0 Å². The third-order valence-electron chi connectivity index (χ3n) is 14.0. The molecule has 0 saturated carbocycles. The number of nitrogens with one attached hydrogen (secondary N) is 2. The number of anilines is 1. The van der Waals surface area contributed by atoms with Gasteiger partial charge in [0.05, 0.1) is 13.2 Å². The van der Waals surface area contributed by atoms with Crippen molar-refractivity contribution in [3.8, 4) is 28.6 Å². The Hall–Kier alpha value is -10.3. The smallest absolute Gasteiger partial charge is 0.352 e. The van der Waals surface area contributed by atoms with Crippen molar-refractivity contribution < 1.29 is 57.3 Å². The molecule has 1 saturated heterocycles. The van der Waals surface area contributed by atoms with Crippen LogP contribution in [0, 0.1) is 5.21 Å². The summed E-state index contributed by atoms with van der Waals surface area (Å²) in [4.78, 5) is 64.6. The van der Waals surface area contributed by atoms with Gasteiger partial charge in [0.1, 0.15) is 53.4 Å². The molecule has 3 aromatic heterocycles. The highest BCUT2D eigenvalue weighted by Gasteiger charge is 2.54. The van der Waals surface area contributed by atoms with Gasteiger partial charge in [-0.2, -0.15) is 4.73 Å². The molecule has 428 valence electrons. The fourth-order valence-corrected chi connectivity index (χ4v) is 12.0. The van der Waals surface area contributed by atoms with Crippen molar-refractivity contribution >= 4 is 57.7 Å². The molecule has 2 aliphatic rings. The summed E-state index contributed by atoms with van der Waals surface area (Å²) in [7, 11) is 1.58. The Morgan fingerprint density at radius 1 is 0.812 bits per heavy atom. The summed E-state index contributed by atoms with van der Waals surface area (Å²) in [6, 6.07) is 58.0. The molecular formula is C64H53N7O12S2. The maximum atomic E-state index is 14.7. The summed E-state index contributed by atoms with van der Waals surface area (Å²) in [5, 5.41) is 40.5. The Bertz CT molecular complexity index is 3770. The van der Waals surface area contributed by atoms with Gasteiger partial charge in [-0.3, -0.25) is 19.3 Å². The van der Waals surface area contributed by atoms with Crippen molar-refractivity contribution in [1.82, 2.24) is 20.4 Å². The van der Waals surface area contributed by atoms with Gasteiger partial charge in [0.2, 0.25) is 17.6 Å². The molecule has 6 aromatic carbocycles. The van der Waals surface area contributed by atoms with Crippen LogP contribution in [0.3, 0.4) is 0 Å². The van der Waals surface area contributed by atoms with E-state index in [4.69, 9.17) is 33.3 Å². The van der Waals surface area contributed by atoms with Crippen LogP contribution in [0.2, 0.25) is 0 Å². The minimum atomic E-state index is -1.39. The number of hydrogen-bond acceptors (Lipinski definition) is 17. The SMILES string of the molecule is COc1ccc(COc2c[n+]([O-])c(-c3cc(CO/N=C(\C(=O)N[C@@H]4C(=O)N5C(C(=O)O)=C(COC(C)=O)CS[C@H]45)c4csc(NC(c5ccccc5)(c5ccccc5)c5ccccc5)n4)on3)cc2OC(c2ccccc2)c2ccccc2)cc1. The standard InChI is InChI=1S/C64H53N7O12S2/c1-40(72)79-36-44-38-84-61-56(60(74)71(61)57(44)62(75)76)66-59(73)55(51-39-85-63(65-51)67-64(45-22-12-5-13-23-45,46-24-14-6-15-25-46)47-26-16-7-17-27-47)69-81-37-49-32-50(68-83-49)52-33-53(54(34-70(52)77)80-35-41-28-30-48(78-2)31-29-41)82-58(42-18-8-3-9-19-42)43-20-10-4-11-21-43/h3-34,39,56,58,61H,35-38H2,1-2H3,(H,65,67)(H,66,73)(H,75,76)/b69-55-/t56-,61-/m1/s1. The molecular weight excluding hydrogens is 1120 g/mol. The fourth-order valence-electron chi connectivity index (χ4n) is 9.92. The van der Waals surface area contributed by atoms with Crippen LogP contribution in [0.4, 0.5) is 5.13 Å². The molecule has 0 radical (unpaired) electrons. The van der Waals surface area contributed by atoms with Gasteiger partial charge in [-0.15, -0.1) is 23.1 Å². The lowest BCUT2D eigenvalue weighted by Gasteiger charge is -2.49. The van der Waals surface area contributed by atoms with Crippen LogP contribution in [-0.2, 0) is 47.5 Å². The normalized spacial score (nSPS) is 14.9. The van der Waals surface area contributed by atoms with Crippen molar-refractivity contribution in [3.05, 3.63) is 261 Å². The number of β-lactam (4-membered cyclic amide) rings is 1. The fraction of sp³-hybridized carbons (Fsp3) is 0.156. The third-order valence-corrected chi connectivity index (χ3v) is 16.1. The summed E-state index contributed by atoms with van der Waals surface area (Å²) in [6.07, 6.45) is 0.643. The first-order valence-electron chi connectivity index (χ1n) is 26.7. The Morgan fingerprint density at radius 3 is 1.99 bits per heavy atom. The van der Waals surface area contributed by atoms with Crippen LogP contribution >= 0.6 is 23.1 Å². The van der Waals surface area contributed by atoms with Crippen LogP contribution in [0.25, 0.3) is 11.4 Å². The van der Waals surface area contributed by atoms with Gasteiger partial charge in [-0.05, 0) is 45.5 Å². The number of carboxylic acids is 1. The van der Waals surface area contributed by atoms with Gasteiger partial charge in [0.15, 0.2) is 34.7 Å². The molecule has 19 nitrogen and oxygen atoms in total. The maximum absolute atomic E-state index is 14.7. The second kappa shape index (κ2) is 25.5. The Morgan fingerprint density at radius 2 is 1.41 bits per heavy atom. The van der Waals surface area contributed by atoms with E-state index < -0.39 is 53.4 Å². The zero-order chi connectivity index (χ0) is 58.9. The number of thioether (sulfide) groups is 1. The Labute approximate surface area is 495 Å². The molecule has 2 aliphatic heterocycles. The summed E-state index contributed by atoms with van der Waals surface area (Å²) in [5.41, 5.74) is 4.03. The Balaban J connectivity index is 0.905. The first-order chi connectivity index (χ1) is 41.5. The number of pyridine rings is 1. The molecule has 0 bridgehead atoms. The van der Waals surface area contributed by atoms with Crippen molar-refractivity contribution in [2.75, 3.05) is 24.8 Å². The molecule has 0 spiro atoms. The van der Waals surface area contributed by atoms with E-state index in [1.807, 2.05) is 176 Å². The van der Waals surface area contributed by atoms with Crippen molar-refractivity contribution in [3.63, 3.8) is 0 Å². The number of carboxylic acid groups (broad SMARTS) is 1. The minimum Gasteiger partial charge on any atom is -0.618 e. The predicted octanol–water partition coefficient (Wildman–Crippen LogP) is 9.81. The number of hydrogen-bond donors (Lipinski definition) is 3. The lowest BCUT2D eigenvalue weighted by atomic mass is 9.77. The zero-order valence-electron chi connectivity index (χ0n) is 45.6. The van der Waals surface area contributed by atoms with Crippen molar-refractivity contribution in [1.29, 1.82) is 0 Å². The number of rotatable bonds is 23. The first-order valence-corrected chi connectivity index (χ1v) is 28.6. The highest BCUT2D eigenvalue weighted by atomic mass is 32.2. The van der Waals surface area contributed by atoms with E-state index in [1.165, 1.54) is 48.4 Å². The monoisotopic (exact) mass is 1180 g/mol. The van der Waals surface area contributed by atoms with Crippen LogP contribution in [0.15, 0.2) is 221 Å². The molecule has 2 atom stereocenters. The number of thiazole rings is 1. The van der Waals surface area contributed by atoms with Gasteiger partial charge >= 0.3 is 11.9 Å². The van der Waals surface area contributed by atoms with Crippen LogP contribution in [0.5, 0.6) is 17.2 Å². The van der Waals surface area contributed by atoms with E-state index in [2.05, 4.69) is 20.9 Å². The molecule has 5 heterocycles. The number of aliphatic carboxylic acids is 1. The van der Waals surface area contributed by atoms with Gasteiger partial charge in [0, 0.05) is 29.7 Å². The molecule has 0 aliphatic carbocycles.